The SMILES string of the molecule is CCCCOCCOC(=O)NCCCCCCNC(=O)OCCOCCCC. The topological polar surface area (TPSA) is 95.1 Å². The maximum absolute atomic E-state index is 11.4. The Morgan fingerprint density at radius 3 is 1.39 bits per heavy atom. The van der Waals surface area contributed by atoms with Crippen LogP contribution in [0.2, 0.25) is 0 Å². The van der Waals surface area contributed by atoms with Gasteiger partial charge in [-0.25, -0.2) is 9.59 Å². The summed E-state index contributed by atoms with van der Waals surface area (Å²) in [7, 11) is 0. The van der Waals surface area contributed by atoms with Crippen molar-refractivity contribution in [2.24, 2.45) is 0 Å². The first kappa shape index (κ1) is 26.5. The van der Waals surface area contributed by atoms with Gasteiger partial charge in [-0.15, -0.1) is 0 Å². The van der Waals surface area contributed by atoms with Gasteiger partial charge in [-0.1, -0.05) is 39.5 Å². The zero-order valence-corrected chi connectivity index (χ0v) is 17.8. The van der Waals surface area contributed by atoms with E-state index in [9.17, 15) is 9.59 Å². The van der Waals surface area contributed by atoms with E-state index in [1.165, 1.54) is 0 Å². The maximum Gasteiger partial charge on any atom is 0.407 e. The lowest BCUT2D eigenvalue weighted by Gasteiger charge is -2.08. The normalized spacial score (nSPS) is 10.5. The van der Waals surface area contributed by atoms with Gasteiger partial charge >= 0.3 is 12.2 Å². The molecule has 0 saturated carbocycles. The third-order valence-electron chi connectivity index (χ3n) is 3.85. The highest BCUT2D eigenvalue weighted by atomic mass is 16.6. The van der Waals surface area contributed by atoms with E-state index < -0.39 is 12.2 Å². The predicted octanol–water partition coefficient (Wildman–Crippen LogP) is 3.63. The zero-order chi connectivity index (χ0) is 20.7. The van der Waals surface area contributed by atoms with Crippen molar-refractivity contribution in [2.75, 3.05) is 52.7 Å². The molecule has 0 aliphatic rings. The Morgan fingerprint density at radius 2 is 1.00 bits per heavy atom. The van der Waals surface area contributed by atoms with Crippen LogP contribution < -0.4 is 10.6 Å². The summed E-state index contributed by atoms with van der Waals surface area (Å²) in [6.45, 7) is 8.23. The molecule has 8 nitrogen and oxygen atoms in total. The van der Waals surface area contributed by atoms with E-state index in [0.717, 1.165) is 51.4 Å². The fourth-order valence-corrected chi connectivity index (χ4v) is 2.17. The molecular weight excluding hydrogens is 364 g/mol. The van der Waals surface area contributed by atoms with Gasteiger partial charge in [0.25, 0.3) is 0 Å². The van der Waals surface area contributed by atoms with Gasteiger partial charge in [-0.2, -0.15) is 0 Å². The van der Waals surface area contributed by atoms with Crippen molar-refractivity contribution < 1.29 is 28.5 Å². The summed E-state index contributed by atoms with van der Waals surface area (Å²) < 4.78 is 20.6. The molecule has 0 aliphatic heterocycles. The van der Waals surface area contributed by atoms with Crippen molar-refractivity contribution in [2.45, 2.75) is 65.2 Å². The molecule has 0 unspecified atom stereocenters. The Labute approximate surface area is 170 Å². The van der Waals surface area contributed by atoms with Crippen LogP contribution in [0.4, 0.5) is 9.59 Å². The highest BCUT2D eigenvalue weighted by Crippen LogP contribution is 1.98. The smallest absolute Gasteiger partial charge is 0.407 e. The second-order valence-corrected chi connectivity index (χ2v) is 6.47. The minimum absolute atomic E-state index is 0.280. The van der Waals surface area contributed by atoms with E-state index in [4.69, 9.17) is 18.9 Å². The van der Waals surface area contributed by atoms with Crippen LogP contribution in [-0.2, 0) is 18.9 Å². The Morgan fingerprint density at radius 1 is 0.571 bits per heavy atom. The number of rotatable bonds is 19. The Bertz CT molecular complexity index is 335. The Kier molecular flexibility index (Phi) is 20.6. The number of hydrogen-bond donors (Lipinski definition) is 2. The first-order chi connectivity index (χ1) is 13.7. The summed E-state index contributed by atoms with van der Waals surface area (Å²) in [5, 5.41) is 5.43. The highest BCUT2D eigenvalue weighted by molar-refractivity contribution is 5.67. The van der Waals surface area contributed by atoms with Crippen LogP contribution in [0.3, 0.4) is 0 Å². The summed E-state index contributed by atoms with van der Waals surface area (Å²) in [5.74, 6) is 0. The second-order valence-electron chi connectivity index (χ2n) is 6.47. The van der Waals surface area contributed by atoms with Gasteiger partial charge in [0.2, 0.25) is 0 Å². The minimum Gasteiger partial charge on any atom is -0.447 e. The Balaban J connectivity index is 3.25. The minimum atomic E-state index is -0.401. The summed E-state index contributed by atoms with van der Waals surface area (Å²) in [6, 6.07) is 0. The van der Waals surface area contributed by atoms with Gasteiger partial charge in [0.1, 0.15) is 13.2 Å². The van der Waals surface area contributed by atoms with Crippen molar-refractivity contribution in [3.63, 3.8) is 0 Å². The van der Waals surface area contributed by atoms with Crippen LogP contribution in [0.5, 0.6) is 0 Å². The molecule has 2 amide bonds. The molecule has 0 saturated heterocycles. The zero-order valence-electron chi connectivity index (χ0n) is 17.8. The highest BCUT2D eigenvalue weighted by Gasteiger charge is 2.02. The fraction of sp³-hybridized carbons (Fsp3) is 0.900. The van der Waals surface area contributed by atoms with E-state index in [-0.39, 0.29) is 13.2 Å². The Hall–Kier alpha value is -1.54. The number of amides is 2. The molecule has 0 aliphatic carbocycles. The summed E-state index contributed by atoms with van der Waals surface area (Å²) >= 11 is 0. The molecule has 0 atom stereocenters. The van der Waals surface area contributed by atoms with Gasteiger partial charge < -0.3 is 29.6 Å². The van der Waals surface area contributed by atoms with Crippen molar-refractivity contribution >= 4 is 12.2 Å². The largest absolute Gasteiger partial charge is 0.447 e. The molecule has 0 fully saturated rings. The fourth-order valence-electron chi connectivity index (χ4n) is 2.17. The molecule has 0 bridgehead atoms. The molecule has 0 aromatic carbocycles. The average molecular weight is 405 g/mol. The molecule has 0 spiro atoms. The van der Waals surface area contributed by atoms with Gasteiger partial charge in [0.15, 0.2) is 0 Å². The van der Waals surface area contributed by atoms with Gasteiger partial charge in [0.05, 0.1) is 13.2 Å². The van der Waals surface area contributed by atoms with E-state index in [1.807, 2.05) is 0 Å². The van der Waals surface area contributed by atoms with E-state index in [1.54, 1.807) is 0 Å². The van der Waals surface area contributed by atoms with E-state index >= 15 is 0 Å². The molecule has 8 heteroatoms. The molecule has 166 valence electrons. The number of alkyl carbamates (subject to hydrolysis) is 2. The average Bonchev–Trinajstić information content (AvgIpc) is 2.69. The van der Waals surface area contributed by atoms with Gasteiger partial charge in [-0.05, 0) is 25.7 Å². The number of hydrogen-bond acceptors (Lipinski definition) is 6. The molecule has 0 aromatic heterocycles. The van der Waals surface area contributed by atoms with Crippen LogP contribution in [0.25, 0.3) is 0 Å². The van der Waals surface area contributed by atoms with E-state index in [2.05, 4.69) is 24.5 Å². The second kappa shape index (κ2) is 21.8. The van der Waals surface area contributed by atoms with Gasteiger partial charge in [-0.3, -0.25) is 0 Å². The lowest BCUT2D eigenvalue weighted by molar-refractivity contribution is 0.0713. The lowest BCUT2D eigenvalue weighted by atomic mass is 10.2. The third-order valence-corrected chi connectivity index (χ3v) is 3.85. The summed E-state index contributed by atoms with van der Waals surface area (Å²) in [6.07, 6.45) is 7.14. The molecule has 28 heavy (non-hydrogen) atoms. The van der Waals surface area contributed by atoms with E-state index in [0.29, 0.717) is 39.5 Å². The summed E-state index contributed by atoms with van der Waals surface area (Å²) in [4.78, 5) is 22.9. The van der Waals surface area contributed by atoms with Crippen molar-refractivity contribution in [1.82, 2.24) is 10.6 Å². The molecular formula is C20H40N2O6. The van der Waals surface area contributed by atoms with Crippen LogP contribution in [0, 0.1) is 0 Å². The first-order valence-corrected chi connectivity index (χ1v) is 10.7. The van der Waals surface area contributed by atoms with Crippen LogP contribution in [-0.4, -0.2) is 64.9 Å². The molecule has 0 aromatic rings. The standard InChI is InChI=1S/C20H40N2O6/c1-3-5-13-25-15-17-27-19(23)21-11-9-7-8-10-12-22-20(24)28-18-16-26-14-6-4-2/h3-18H2,1-2H3,(H,21,23)(H,22,24). The molecule has 0 radical (unpaired) electrons. The predicted molar refractivity (Wildman–Crippen MR) is 109 cm³/mol. The molecule has 0 rings (SSSR count). The van der Waals surface area contributed by atoms with Crippen molar-refractivity contribution in [1.29, 1.82) is 0 Å². The van der Waals surface area contributed by atoms with Crippen molar-refractivity contribution in [3.05, 3.63) is 0 Å². The van der Waals surface area contributed by atoms with Crippen molar-refractivity contribution in [3.8, 4) is 0 Å². The monoisotopic (exact) mass is 404 g/mol. The molecule has 2 N–H and O–H groups in total. The quantitative estimate of drug-likeness (QED) is 0.319. The maximum atomic E-state index is 11.4. The lowest BCUT2D eigenvalue weighted by Crippen LogP contribution is -2.27. The van der Waals surface area contributed by atoms with Gasteiger partial charge in [0, 0.05) is 26.3 Å². The van der Waals surface area contributed by atoms with Crippen LogP contribution in [0.1, 0.15) is 65.2 Å². The third kappa shape index (κ3) is 20.8. The first-order valence-electron chi connectivity index (χ1n) is 10.7. The number of unbranched alkanes of at least 4 members (excludes halogenated alkanes) is 5. The number of ether oxygens (including phenoxy) is 4. The number of nitrogens with one attached hydrogen (secondary N) is 2. The van der Waals surface area contributed by atoms with Crippen LogP contribution in [0.15, 0.2) is 0 Å². The number of carbonyl (C=O) groups excluding carboxylic acids is 2. The number of carbonyl (C=O) groups is 2. The molecule has 0 heterocycles. The van der Waals surface area contributed by atoms with Crippen LogP contribution >= 0.6 is 0 Å². The summed E-state index contributed by atoms with van der Waals surface area (Å²) in [5.41, 5.74) is 0.